The monoisotopic (exact) mass is 206 g/mol. The summed E-state index contributed by atoms with van der Waals surface area (Å²) in [6.45, 7) is 6.35. The maximum atomic E-state index is 5.25. The summed E-state index contributed by atoms with van der Waals surface area (Å²) in [5.74, 6) is 0.539. The molecule has 0 aliphatic carbocycles. The van der Waals surface area contributed by atoms with Crippen molar-refractivity contribution in [2.45, 2.75) is 25.9 Å². The van der Waals surface area contributed by atoms with Gasteiger partial charge in [-0.15, -0.1) is 0 Å². The summed E-state index contributed by atoms with van der Waals surface area (Å²) in [7, 11) is 1.77. The van der Waals surface area contributed by atoms with E-state index in [0.717, 1.165) is 13.1 Å². The first-order valence-electron chi connectivity index (χ1n) is 5.43. The number of hydrogen-bond acceptors (Lipinski definition) is 3. The molecule has 0 spiro atoms. The highest BCUT2D eigenvalue weighted by Crippen LogP contribution is 2.24. The SMILES string of the molecule is COC1CN(c2cncc(C(C)C)c2)C1. The van der Waals surface area contributed by atoms with E-state index in [0.29, 0.717) is 12.0 Å². The van der Waals surface area contributed by atoms with Crippen molar-refractivity contribution in [2.75, 3.05) is 25.1 Å². The third kappa shape index (κ3) is 2.12. The molecule has 2 rings (SSSR count). The largest absolute Gasteiger partial charge is 0.378 e. The zero-order chi connectivity index (χ0) is 10.8. The lowest BCUT2D eigenvalue weighted by molar-refractivity contribution is 0.0787. The Hall–Kier alpha value is -1.09. The zero-order valence-electron chi connectivity index (χ0n) is 9.60. The van der Waals surface area contributed by atoms with E-state index < -0.39 is 0 Å². The van der Waals surface area contributed by atoms with Crippen LogP contribution in [-0.2, 0) is 4.74 Å². The second-order valence-corrected chi connectivity index (χ2v) is 4.39. The Morgan fingerprint density at radius 3 is 2.73 bits per heavy atom. The average Bonchev–Trinajstić information content (AvgIpc) is 2.16. The van der Waals surface area contributed by atoms with Crippen LogP contribution < -0.4 is 4.90 Å². The van der Waals surface area contributed by atoms with Crippen molar-refractivity contribution in [3.63, 3.8) is 0 Å². The predicted molar refractivity (Wildman–Crippen MR) is 61.3 cm³/mol. The minimum absolute atomic E-state index is 0.396. The van der Waals surface area contributed by atoms with Gasteiger partial charge in [0, 0.05) is 26.4 Å². The summed E-state index contributed by atoms with van der Waals surface area (Å²) in [6.07, 6.45) is 4.27. The van der Waals surface area contributed by atoms with Gasteiger partial charge in [-0.3, -0.25) is 4.98 Å². The standard InChI is InChI=1S/C12H18N2O/c1-9(2)10-4-11(6-13-5-10)14-7-12(8-14)15-3/h4-6,9,12H,7-8H2,1-3H3. The number of aromatic nitrogens is 1. The van der Waals surface area contributed by atoms with Crippen molar-refractivity contribution >= 4 is 5.69 Å². The highest BCUT2D eigenvalue weighted by atomic mass is 16.5. The summed E-state index contributed by atoms with van der Waals surface area (Å²) in [5, 5.41) is 0. The highest BCUT2D eigenvalue weighted by molar-refractivity contribution is 5.49. The first kappa shape index (κ1) is 10.4. The number of methoxy groups -OCH3 is 1. The van der Waals surface area contributed by atoms with Gasteiger partial charge in [0.15, 0.2) is 0 Å². The van der Waals surface area contributed by atoms with Crippen LogP contribution in [0.4, 0.5) is 5.69 Å². The van der Waals surface area contributed by atoms with E-state index in [1.165, 1.54) is 11.3 Å². The number of rotatable bonds is 3. The number of hydrogen-bond donors (Lipinski definition) is 0. The third-order valence-electron chi connectivity index (χ3n) is 2.96. The van der Waals surface area contributed by atoms with Crippen molar-refractivity contribution < 1.29 is 4.74 Å². The molecule has 1 aliphatic rings. The van der Waals surface area contributed by atoms with Gasteiger partial charge in [-0.25, -0.2) is 0 Å². The third-order valence-corrected chi connectivity index (χ3v) is 2.96. The molecule has 0 unspecified atom stereocenters. The van der Waals surface area contributed by atoms with E-state index in [1.807, 2.05) is 12.4 Å². The van der Waals surface area contributed by atoms with E-state index in [4.69, 9.17) is 4.74 Å². The zero-order valence-corrected chi connectivity index (χ0v) is 9.60. The molecule has 0 amide bonds. The predicted octanol–water partition coefficient (Wildman–Crippen LogP) is 2.04. The van der Waals surface area contributed by atoms with Crippen LogP contribution in [0.5, 0.6) is 0 Å². The lowest BCUT2D eigenvalue weighted by atomic mass is 10.0. The van der Waals surface area contributed by atoms with Gasteiger partial charge in [0.25, 0.3) is 0 Å². The van der Waals surface area contributed by atoms with E-state index in [2.05, 4.69) is 29.8 Å². The summed E-state index contributed by atoms with van der Waals surface area (Å²) < 4.78 is 5.25. The minimum Gasteiger partial charge on any atom is -0.378 e. The maximum Gasteiger partial charge on any atom is 0.0920 e. The van der Waals surface area contributed by atoms with Crippen LogP contribution >= 0.6 is 0 Å². The molecule has 0 saturated carbocycles. The van der Waals surface area contributed by atoms with Crippen molar-refractivity contribution in [2.24, 2.45) is 0 Å². The number of ether oxygens (including phenoxy) is 1. The molecule has 3 heteroatoms. The maximum absolute atomic E-state index is 5.25. The molecule has 0 atom stereocenters. The van der Waals surface area contributed by atoms with Crippen LogP contribution in [0.15, 0.2) is 18.5 Å². The minimum atomic E-state index is 0.396. The molecule has 1 aromatic rings. The lowest BCUT2D eigenvalue weighted by Crippen LogP contribution is -2.51. The molecule has 1 saturated heterocycles. The van der Waals surface area contributed by atoms with Gasteiger partial charge in [-0.05, 0) is 17.5 Å². The Kier molecular flexibility index (Phi) is 2.91. The topological polar surface area (TPSA) is 25.4 Å². The molecule has 2 heterocycles. The molecule has 15 heavy (non-hydrogen) atoms. The Balaban J connectivity index is 2.06. The fraction of sp³-hybridized carbons (Fsp3) is 0.583. The highest BCUT2D eigenvalue weighted by Gasteiger charge is 2.26. The average molecular weight is 206 g/mol. The van der Waals surface area contributed by atoms with Gasteiger partial charge in [-0.2, -0.15) is 0 Å². The van der Waals surface area contributed by atoms with Gasteiger partial charge in [0.2, 0.25) is 0 Å². The molecular weight excluding hydrogens is 188 g/mol. The molecule has 1 fully saturated rings. The van der Waals surface area contributed by atoms with E-state index in [-0.39, 0.29) is 0 Å². The smallest absolute Gasteiger partial charge is 0.0920 e. The normalized spacial score (nSPS) is 16.9. The number of pyridine rings is 1. The summed E-state index contributed by atoms with van der Waals surface area (Å²) in [5.41, 5.74) is 2.52. The Bertz CT molecular complexity index is 332. The van der Waals surface area contributed by atoms with Crippen molar-refractivity contribution in [1.29, 1.82) is 0 Å². The van der Waals surface area contributed by atoms with Gasteiger partial charge in [0.05, 0.1) is 18.0 Å². The number of anilines is 1. The molecule has 0 aromatic carbocycles. The van der Waals surface area contributed by atoms with Gasteiger partial charge in [-0.1, -0.05) is 13.8 Å². The molecule has 0 N–H and O–H groups in total. The van der Waals surface area contributed by atoms with Crippen LogP contribution in [-0.4, -0.2) is 31.3 Å². The van der Waals surface area contributed by atoms with Crippen LogP contribution in [0.1, 0.15) is 25.3 Å². The fourth-order valence-corrected chi connectivity index (χ4v) is 1.73. The first-order chi connectivity index (χ1) is 7.20. The Morgan fingerprint density at radius 2 is 2.13 bits per heavy atom. The molecule has 82 valence electrons. The van der Waals surface area contributed by atoms with Crippen molar-refractivity contribution in [3.05, 3.63) is 24.0 Å². The van der Waals surface area contributed by atoms with Gasteiger partial charge >= 0.3 is 0 Å². The Morgan fingerprint density at radius 1 is 1.40 bits per heavy atom. The van der Waals surface area contributed by atoms with Crippen LogP contribution in [0.3, 0.4) is 0 Å². The summed E-state index contributed by atoms with van der Waals surface area (Å²) in [4.78, 5) is 6.58. The van der Waals surface area contributed by atoms with Crippen LogP contribution in [0.2, 0.25) is 0 Å². The second-order valence-electron chi connectivity index (χ2n) is 4.39. The van der Waals surface area contributed by atoms with E-state index >= 15 is 0 Å². The first-order valence-corrected chi connectivity index (χ1v) is 5.43. The molecule has 0 radical (unpaired) electrons. The van der Waals surface area contributed by atoms with Crippen molar-refractivity contribution in [1.82, 2.24) is 4.98 Å². The van der Waals surface area contributed by atoms with E-state index in [1.54, 1.807) is 7.11 Å². The molecule has 0 bridgehead atoms. The summed E-state index contributed by atoms with van der Waals surface area (Å²) >= 11 is 0. The molecule has 1 aliphatic heterocycles. The van der Waals surface area contributed by atoms with Crippen LogP contribution in [0, 0.1) is 0 Å². The van der Waals surface area contributed by atoms with Gasteiger partial charge in [0.1, 0.15) is 0 Å². The quantitative estimate of drug-likeness (QED) is 0.756. The molecule has 3 nitrogen and oxygen atoms in total. The van der Waals surface area contributed by atoms with Gasteiger partial charge < -0.3 is 9.64 Å². The number of nitrogens with zero attached hydrogens (tertiary/aromatic N) is 2. The summed E-state index contributed by atoms with van der Waals surface area (Å²) in [6, 6.07) is 2.23. The molecular formula is C12H18N2O. The lowest BCUT2D eigenvalue weighted by Gasteiger charge is -2.39. The molecule has 1 aromatic heterocycles. The fourth-order valence-electron chi connectivity index (χ4n) is 1.73. The van der Waals surface area contributed by atoms with Crippen molar-refractivity contribution in [3.8, 4) is 0 Å². The van der Waals surface area contributed by atoms with Crippen LogP contribution in [0.25, 0.3) is 0 Å². The van der Waals surface area contributed by atoms with E-state index in [9.17, 15) is 0 Å². The Labute approximate surface area is 91.1 Å². The second kappa shape index (κ2) is 4.19.